The first-order chi connectivity index (χ1) is 8.59. The summed E-state index contributed by atoms with van der Waals surface area (Å²) in [7, 11) is 0. The van der Waals surface area contributed by atoms with Crippen molar-refractivity contribution in [2.75, 3.05) is 0 Å². The predicted octanol–water partition coefficient (Wildman–Crippen LogP) is 2.59. The lowest BCUT2D eigenvalue weighted by Gasteiger charge is -2.29. The van der Waals surface area contributed by atoms with Gasteiger partial charge in [0.15, 0.2) is 0 Å². The highest BCUT2D eigenvalue weighted by atomic mass is 79.9. The Balaban J connectivity index is 2.12. The van der Waals surface area contributed by atoms with Gasteiger partial charge in [0.25, 0.3) is 5.91 Å². The van der Waals surface area contributed by atoms with Crippen LogP contribution in [0.3, 0.4) is 0 Å². The molecule has 1 aromatic rings. The molecule has 1 saturated carbocycles. The highest BCUT2D eigenvalue weighted by Crippen LogP contribution is 2.21. The minimum atomic E-state index is -0.522. The van der Waals surface area contributed by atoms with Gasteiger partial charge in [0.2, 0.25) is 0 Å². The van der Waals surface area contributed by atoms with Crippen LogP contribution in [0.5, 0.6) is 0 Å². The summed E-state index contributed by atoms with van der Waals surface area (Å²) in [5.74, 6) is -0.923. The summed E-state index contributed by atoms with van der Waals surface area (Å²) in [5, 5.41) is 2.83. The van der Waals surface area contributed by atoms with Gasteiger partial charge in [-0.1, -0.05) is 18.9 Å². The van der Waals surface area contributed by atoms with Gasteiger partial charge < -0.3 is 11.1 Å². The van der Waals surface area contributed by atoms with Crippen LogP contribution in [-0.4, -0.2) is 18.0 Å². The van der Waals surface area contributed by atoms with Gasteiger partial charge in [0, 0.05) is 16.6 Å². The first kappa shape index (κ1) is 13.5. The maximum absolute atomic E-state index is 13.6. The van der Waals surface area contributed by atoms with E-state index in [1.165, 1.54) is 6.07 Å². The van der Waals surface area contributed by atoms with Crippen molar-refractivity contribution in [1.29, 1.82) is 0 Å². The van der Waals surface area contributed by atoms with E-state index in [0.717, 1.165) is 25.7 Å². The number of benzene rings is 1. The molecule has 0 aliphatic heterocycles. The molecule has 1 amide bonds. The van der Waals surface area contributed by atoms with Crippen molar-refractivity contribution < 1.29 is 9.18 Å². The SMILES string of the molecule is N[C@@H]1CCCC[C@H]1NC(=O)c1c(F)cccc1Br. The predicted molar refractivity (Wildman–Crippen MR) is 71.8 cm³/mol. The molecule has 98 valence electrons. The third kappa shape index (κ3) is 2.90. The lowest BCUT2D eigenvalue weighted by Crippen LogP contribution is -2.49. The zero-order valence-corrected chi connectivity index (χ0v) is 11.5. The van der Waals surface area contributed by atoms with E-state index >= 15 is 0 Å². The Kier molecular flexibility index (Phi) is 4.35. The maximum atomic E-state index is 13.6. The van der Waals surface area contributed by atoms with Crippen molar-refractivity contribution >= 4 is 21.8 Å². The minimum Gasteiger partial charge on any atom is -0.348 e. The third-order valence-corrected chi connectivity index (χ3v) is 3.99. The summed E-state index contributed by atoms with van der Waals surface area (Å²) in [6.45, 7) is 0. The Morgan fingerprint density at radius 3 is 2.78 bits per heavy atom. The van der Waals surface area contributed by atoms with E-state index in [0.29, 0.717) is 4.47 Å². The average Bonchev–Trinajstić information content (AvgIpc) is 2.32. The minimum absolute atomic E-state index is 0.0340. The molecule has 18 heavy (non-hydrogen) atoms. The van der Waals surface area contributed by atoms with Crippen LogP contribution in [0, 0.1) is 5.82 Å². The molecular formula is C13H16BrFN2O. The molecule has 1 aliphatic rings. The van der Waals surface area contributed by atoms with Gasteiger partial charge in [-0.3, -0.25) is 4.79 Å². The molecule has 2 atom stereocenters. The smallest absolute Gasteiger partial charge is 0.255 e. The summed E-state index contributed by atoms with van der Waals surface area (Å²) in [6.07, 6.45) is 3.91. The number of hydrogen-bond donors (Lipinski definition) is 2. The maximum Gasteiger partial charge on any atom is 0.255 e. The fourth-order valence-corrected chi connectivity index (χ4v) is 2.82. The summed E-state index contributed by atoms with van der Waals surface area (Å²) in [5.41, 5.74) is 6.01. The molecule has 0 spiro atoms. The van der Waals surface area contributed by atoms with Gasteiger partial charge in [-0.25, -0.2) is 4.39 Å². The first-order valence-electron chi connectivity index (χ1n) is 6.10. The lowest BCUT2D eigenvalue weighted by atomic mass is 9.91. The molecule has 1 fully saturated rings. The molecule has 0 bridgehead atoms. The molecule has 0 radical (unpaired) electrons. The Labute approximate surface area is 114 Å². The Morgan fingerprint density at radius 1 is 1.39 bits per heavy atom. The van der Waals surface area contributed by atoms with Crippen molar-refractivity contribution in [3.8, 4) is 0 Å². The molecular weight excluding hydrogens is 299 g/mol. The Morgan fingerprint density at radius 2 is 2.11 bits per heavy atom. The molecule has 0 saturated heterocycles. The molecule has 1 aliphatic carbocycles. The van der Waals surface area contributed by atoms with Crippen LogP contribution >= 0.6 is 15.9 Å². The zero-order chi connectivity index (χ0) is 13.1. The van der Waals surface area contributed by atoms with Gasteiger partial charge in [-0.2, -0.15) is 0 Å². The van der Waals surface area contributed by atoms with Crippen LogP contribution in [0.15, 0.2) is 22.7 Å². The quantitative estimate of drug-likeness (QED) is 0.881. The normalized spacial score (nSPS) is 23.7. The number of carbonyl (C=O) groups is 1. The molecule has 2 rings (SSSR count). The van der Waals surface area contributed by atoms with Crippen LogP contribution < -0.4 is 11.1 Å². The summed E-state index contributed by atoms with van der Waals surface area (Å²) in [4.78, 5) is 12.1. The van der Waals surface area contributed by atoms with E-state index in [9.17, 15) is 9.18 Å². The number of hydrogen-bond acceptors (Lipinski definition) is 2. The molecule has 3 nitrogen and oxygen atoms in total. The fraction of sp³-hybridized carbons (Fsp3) is 0.462. The molecule has 5 heteroatoms. The third-order valence-electron chi connectivity index (χ3n) is 3.33. The molecule has 0 unspecified atom stereocenters. The second-order valence-corrected chi connectivity index (χ2v) is 5.48. The monoisotopic (exact) mass is 314 g/mol. The van der Waals surface area contributed by atoms with Crippen LogP contribution in [-0.2, 0) is 0 Å². The summed E-state index contributed by atoms with van der Waals surface area (Å²) in [6, 6.07) is 4.40. The number of halogens is 2. The van der Waals surface area contributed by atoms with Crippen LogP contribution in [0.4, 0.5) is 4.39 Å². The average molecular weight is 315 g/mol. The highest BCUT2D eigenvalue weighted by molar-refractivity contribution is 9.10. The van der Waals surface area contributed by atoms with Crippen molar-refractivity contribution in [3.63, 3.8) is 0 Å². The topological polar surface area (TPSA) is 55.1 Å². The Bertz CT molecular complexity index is 432. The number of rotatable bonds is 2. The molecule has 1 aromatic carbocycles. The highest BCUT2D eigenvalue weighted by Gasteiger charge is 2.25. The standard InChI is InChI=1S/C13H16BrFN2O/c14-8-4-3-5-9(15)12(8)13(18)17-11-7-2-1-6-10(11)16/h3-5,10-11H,1-2,6-7,16H2,(H,17,18)/t10-,11-/m1/s1. The summed E-state index contributed by atoms with van der Waals surface area (Å²) < 4.78 is 14.1. The molecule has 0 aromatic heterocycles. The van der Waals surface area contributed by atoms with Gasteiger partial charge in [0.05, 0.1) is 5.56 Å². The number of nitrogens with one attached hydrogen (secondary N) is 1. The first-order valence-corrected chi connectivity index (χ1v) is 6.89. The van der Waals surface area contributed by atoms with E-state index < -0.39 is 11.7 Å². The van der Waals surface area contributed by atoms with Gasteiger partial charge in [-0.15, -0.1) is 0 Å². The Hall–Kier alpha value is -0.940. The fourth-order valence-electron chi connectivity index (χ4n) is 2.29. The largest absolute Gasteiger partial charge is 0.348 e. The van der Waals surface area contributed by atoms with E-state index in [-0.39, 0.29) is 17.6 Å². The van der Waals surface area contributed by atoms with Crippen molar-refractivity contribution in [3.05, 3.63) is 34.1 Å². The van der Waals surface area contributed by atoms with Gasteiger partial charge in [0.1, 0.15) is 5.82 Å². The van der Waals surface area contributed by atoms with E-state index in [4.69, 9.17) is 5.73 Å². The van der Waals surface area contributed by atoms with E-state index in [1.54, 1.807) is 12.1 Å². The van der Waals surface area contributed by atoms with Crippen LogP contribution in [0.2, 0.25) is 0 Å². The number of nitrogens with two attached hydrogens (primary N) is 1. The van der Waals surface area contributed by atoms with E-state index in [2.05, 4.69) is 21.2 Å². The van der Waals surface area contributed by atoms with Crippen molar-refractivity contribution in [2.45, 2.75) is 37.8 Å². The second-order valence-electron chi connectivity index (χ2n) is 4.62. The number of carbonyl (C=O) groups excluding carboxylic acids is 1. The number of amides is 1. The van der Waals surface area contributed by atoms with Crippen molar-refractivity contribution in [1.82, 2.24) is 5.32 Å². The van der Waals surface area contributed by atoms with Gasteiger partial charge >= 0.3 is 0 Å². The van der Waals surface area contributed by atoms with Crippen LogP contribution in [0.1, 0.15) is 36.0 Å². The molecule has 0 heterocycles. The summed E-state index contributed by atoms with van der Waals surface area (Å²) >= 11 is 3.20. The van der Waals surface area contributed by atoms with Gasteiger partial charge in [-0.05, 0) is 40.9 Å². The lowest BCUT2D eigenvalue weighted by molar-refractivity contribution is 0.0916. The van der Waals surface area contributed by atoms with Crippen LogP contribution in [0.25, 0.3) is 0 Å². The zero-order valence-electron chi connectivity index (χ0n) is 9.96. The van der Waals surface area contributed by atoms with E-state index in [1.807, 2.05) is 0 Å². The molecule has 3 N–H and O–H groups in total. The van der Waals surface area contributed by atoms with Crippen molar-refractivity contribution in [2.24, 2.45) is 5.73 Å². The second kappa shape index (κ2) is 5.80.